The summed E-state index contributed by atoms with van der Waals surface area (Å²) in [7, 11) is 0. The van der Waals surface area contributed by atoms with Gasteiger partial charge in [-0.05, 0) is 38.5 Å². The molecule has 0 amide bonds. The normalized spacial score (nSPS) is 14.3. The summed E-state index contributed by atoms with van der Waals surface area (Å²) in [5.74, 6) is 0.284. The molecule has 1 aromatic rings. The second-order valence-corrected chi connectivity index (χ2v) is 5.43. The van der Waals surface area contributed by atoms with E-state index in [-0.39, 0.29) is 18.7 Å². The Morgan fingerprint density at radius 3 is 2.37 bits per heavy atom. The molecule has 0 fully saturated rings. The van der Waals surface area contributed by atoms with Crippen LogP contribution < -0.4 is 4.74 Å². The third-order valence-electron chi connectivity index (χ3n) is 2.40. The molecule has 5 nitrogen and oxygen atoms in total. The highest BCUT2D eigenvalue weighted by Crippen LogP contribution is 2.19. The minimum Gasteiger partial charge on any atom is -0.482 e. The van der Waals surface area contributed by atoms with E-state index in [0.29, 0.717) is 5.75 Å². The Kier molecular flexibility index (Phi) is 3.83. The Bertz CT molecular complexity index is 468. The summed E-state index contributed by atoms with van der Waals surface area (Å²) in [6.45, 7) is 5.40. The molecule has 1 aromatic carbocycles. The van der Waals surface area contributed by atoms with E-state index in [0.717, 1.165) is 12.0 Å². The van der Waals surface area contributed by atoms with Gasteiger partial charge in [0.2, 0.25) is 0 Å². The van der Waals surface area contributed by atoms with Gasteiger partial charge in [-0.1, -0.05) is 12.1 Å². The van der Waals surface area contributed by atoms with Crippen LogP contribution in [0.1, 0.15) is 26.3 Å². The summed E-state index contributed by atoms with van der Waals surface area (Å²) in [4.78, 5) is 11.5. The molecule has 2 rings (SSSR count). The lowest BCUT2D eigenvalue weighted by atomic mass is 10.1. The van der Waals surface area contributed by atoms with Gasteiger partial charge >= 0.3 is 5.97 Å². The summed E-state index contributed by atoms with van der Waals surface area (Å²) < 4.78 is 10.5. The summed E-state index contributed by atoms with van der Waals surface area (Å²) in [5.41, 5.74) is 0.668. The Morgan fingerprint density at radius 1 is 1.21 bits per heavy atom. The van der Waals surface area contributed by atoms with Crippen LogP contribution in [0.25, 0.3) is 0 Å². The van der Waals surface area contributed by atoms with Crippen molar-refractivity contribution in [3.63, 3.8) is 0 Å². The van der Waals surface area contributed by atoms with Crippen LogP contribution in [0.5, 0.6) is 5.75 Å². The molecule has 0 spiro atoms. The molecular weight excluding hydrogens is 244 g/mol. The second-order valence-electron chi connectivity index (χ2n) is 5.43. The number of carbonyl (C=O) groups is 1. The van der Waals surface area contributed by atoms with Gasteiger partial charge in [0.15, 0.2) is 12.8 Å². The molecule has 5 heteroatoms. The summed E-state index contributed by atoms with van der Waals surface area (Å²) in [6.07, 6.45) is 0.959. The fourth-order valence-electron chi connectivity index (χ4n) is 1.57. The number of rotatable bonds is 5. The maximum atomic E-state index is 11.5. The highest BCUT2D eigenvalue weighted by Gasteiger charge is 2.17. The van der Waals surface area contributed by atoms with Crippen molar-refractivity contribution in [2.45, 2.75) is 39.0 Å². The Hall–Kier alpha value is -1.91. The number of hydrogen-bond acceptors (Lipinski definition) is 5. The molecule has 0 saturated heterocycles. The molecule has 0 radical (unpaired) electrons. The predicted octanol–water partition coefficient (Wildman–Crippen LogP) is 2.74. The standard InChI is InChI=1S/C14H18N2O3/c1-14(2,3)19-13(17)9-18-11-6-4-10(5-7-11)8-12-15-16-12/h4-7,12H,8-9H2,1-3H3. The monoisotopic (exact) mass is 262 g/mol. The van der Waals surface area contributed by atoms with Gasteiger partial charge in [0.25, 0.3) is 0 Å². The van der Waals surface area contributed by atoms with E-state index in [2.05, 4.69) is 10.2 Å². The first-order chi connectivity index (χ1) is 8.92. The van der Waals surface area contributed by atoms with Crippen molar-refractivity contribution in [1.82, 2.24) is 0 Å². The van der Waals surface area contributed by atoms with Crippen LogP contribution >= 0.6 is 0 Å². The number of carbonyl (C=O) groups excluding carboxylic acids is 1. The average molecular weight is 262 g/mol. The quantitative estimate of drug-likeness (QED) is 0.766. The van der Waals surface area contributed by atoms with Gasteiger partial charge in [-0.15, -0.1) is 0 Å². The Balaban J connectivity index is 1.77. The number of benzene rings is 1. The lowest BCUT2D eigenvalue weighted by Gasteiger charge is -2.19. The van der Waals surface area contributed by atoms with Gasteiger partial charge in [0.05, 0.1) is 0 Å². The van der Waals surface area contributed by atoms with E-state index in [1.165, 1.54) is 0 Å². The molecule has 0 unspecified atom stereocenters. The first-order valence-corrected chi connectivity index (χ1v) is 6.26. The maximum Gasteiger partial charge on any atom is 0.344 e. The zero-order valence-electron chi connectivity index (χ0n) is 11.4. The lowest BCUT2D eigenvalue weighted by molar-refractivity contribution is -0.157. The number of esters is 1. The Morgan fingerprint density at radius 2 is 1.84 bits per heavy atom. The third kappa shape index (κ3) is 5.07. The highest BCUT2D eigenvalue weighted by molar-refractivity contribution is 5.71. The minimum absolute atomic E-state index is 0.0795. The van der Waals surface area contributed by atoms with E-state index in [1.54, 1.807) is 0 Å². The molecule has 1 heterocycles. The number of nitrogens with zero attached hydrogens (tertiary/aromatic N) is 2. The summed E-state index contributed by atoms with van der Waals surface area (Å²) in [5, 5.41) is 7.69. The van der Waals surface area contributed by atoms with Crippen molar-refractivity contribution in [2.75, 3.05) is 6.61 Å². The largest absolute Gasteiger partial charge is 0.482 e. The van der Waals surface area contributed by atoms with Crippen LogP contribution in [0, 0.1) is 0 Å². The molecule has 1 aliphatic rings. The van der Waals surface area contributed by atoms with Crippen molar-refractivity contribution in [3.05, 3.63) is 29.8 Å². The molecular formula is C14H18N2O3. The molecule has 0 bridgehead atoms. The van der Waals surface area contributed by atoms with Crippen molar-refractivity contribution < 1.29 is 14.3 Å². The molecule has 0 aliphatic carbocycles. The maximum absolute atomic E-state index is 11.5. The zero-order valence-corrected chi connectivity index (χ0v) is 11.4. The second kappa shape index (κ2) is 5.38. The fraction of sp³-hybridized carbons (Fsp3) is 0.500. The molecule has 19 heavy (non-hydrogen) atoms. The van der Waals surface area contributed by atoms with Crippen molar-refractivity contribution in [1.29, 1.82) is 0 Å². The fourth-order valence-corrected chi connectivity index (χ4v) is 1.57. The van der Waals surface area contributed by atoms with E-state index < -0.39 is 5.60 Å². The van der Waals surface area contributed by atoms with E-state index in [9.17, 15) is 4.79 Å². The van der Waals surface area contributed by atoms with E-state index in [4.69, 9.17) is 9.47 Å². The number of ether oxygens (including phenoxy) is 2. The summed E-state index contributed by atoms with van der Waals surface area (Å²) >= 11 is 0. The van der Waals surface area contributed by atoms with Crippen LogP contribution in [0.4, 0.5) is 0 Å². The van der Waals surface area contributed by atoms with E-state index >= 15 is 0 Å². The average Bonchev–Trinajstić information content (AvgIpc) is 3.10. The predicted molar refractivity (Wildman–Crippen MR) is 70.1 cm³/mol. The van der Waals surface area contributed by atoms with Crippen LogP contribution in [0.2, 0.25) is 0 Å². The summed E-state index contributed by atoms with van der Waals surface area (Å²) in [6, 6.07) is 7.58. The van der Waals surface area contributed by atoms with Gasteiger partial charge < -0.3 is 9.47 Å². The van der Waals surface area contributed by atoms with Gasteiger partial charge in [-0.25, -0.2) is 4.79 Å². The number of hydrogen-bond donors (Lipinski definition) is 0. The van der Waals surface area contributed by atoms with Crippen LogP contribution in [-0.4, -0.2) is 24.3 Å². The van der Waals surface area contributed by atoms with Gasteiger partial charge in [0, 0.05) is 6.42 Å². The molecule has 1 aliphatic heterocycles. The van der Waals surface area contributed by atoms with Crippen LogP contribution in [0.3, 0.4) is 0 Å². The van der Waals surface area contributed by atoms with Crippen LogP contribution in [0.15, 0.2) is 34.5 Å². The van der Waals surface area contributed by atoms with Crippen LogP contribution in [-0.2, 0) is 16.0 Å². The van der Waals surface area contributed by atoms with Crippen molar-refractivity contribution in [2.24, 2.45) is 10.2 Å². The molecule has 102 valence electrons. The highest BCUT2D eigenvalue weighted by atomic mass is 16.6. The van der Waals surface area contributed by atoms with Crippen molar-refractivity contribution in [3.8, 4) is 5.75 Å². The molecule has 0 saturated carbocycles. The zero-order chi connectivity index (χ0) is 13.9. The SMILES string of the molecule is CC(C)(C)OC(=O)COc1ccc(CC2N=N2)cc1. The molecule has 0 aromatic heterocycles. The van der Waals surface area contributed by atoms with E-state index in [1.807, 2.05) is 45.0 Å². The van der Waals surface area contributed by atoms with Crippen molar-refractivity contribution >= 4 is 5.97 Å². The third-order valence-corrected chi connectivity index (χ3v) is 2.40. The van der Waals surface area contributed by atoms with Gasteiger partial charge in [-0.2, -0.15) is 10.2 Å². The minimum atomic E-state index is -0.485. The van der Waals surface area contributed by atoms with Gasteiger partial charge in [0.1, 0.15) is 11.4 Å². The lowest BCUT2D eigenvalue weighted by Crippen LogP contribution is -2.27. The smallest absolute Gasteiger partial charge is 0.344 e. The topological polar surface area (TPSA) is 60.2 Å². The Labute approximate surface area is 112 Å². The first kappa shape index (κ1) is 13.5. The first-order valence-electron chi connectivity index (χ1n) is 6.26. The van der Waals surface area contributed by atoms with Gasteiger partial charge in [-0.3, -0.25) is 0 Å². The molecule has 0 N–H and O–H groups in total. The molecule has 0 atom stereocenters.